The number of ether oxygens (including phenoxy) is 3. The third-order valence-corrected chi connectivity index (χ3v) is 6.67. The maximum absolute atomic E-state index is 13.0. The molecule has 0 aliphatic heterocycles. The number of fused-ring (bicyclic) bond motifs is 1. The van der Waals surface area contributed by atoms with Gasteiger partial charge in [0.05, 0.1) is 49.5 Å². The Labute approximate surface area is 216 Å². The number of nitrogens with zero attached hydrogens (tertiary/aromatic N) is 2. The summed E-state index contributed by atoms with van der Waals surface area (Å²) in [5, 5.41) is 0.651. The van der Waals surface area contributed by atoms with Crippen LogP contribution in [0.25, 0.3) is 11.0 Å². The second-order valence-corrected chi connectivity index (χ2v) is 9.05. The molecule has 0 saturated carbocycles. The lowest BCUT2D eigenvalue weighted by molar-refractivity contribution is -0.137. The van der Waals surface area contributed by atoms with Gasteiger partial charge in [-0.2, -0.15) is 13.2 Å². The molecule has 6 nitrogen and oxygen atoms in total. The van der Waals surface area contributed by atoms with Crippen LogP contribution in [-0.4, -0.2) is 36.3 Å². The molecule has 0 fully saturated rings. The summed E-state index contributed by atoms with van der Waals surface area (Å²) >= 11 is 1.46. The van der Waals surface area contributed by atoms with Gasteiger partial charge in [0.25, 0.3) is 0 Å². The highest BCUT2D eigenvalue weighted by molar-refractivity contribution is 7.98. The van der Waals surface area contributed by atoms with Crippen molar-refractivity contribution in [3.8, 4) is 11.5 Å². The van der Waals surface area contributed by atoms with E-state index in [1.54, 1.807) is 45.4 Å². The number of carbonyl (C=O) groups is 1. The number of alkyl halides is 3. The molecule has 10 heteroatoms. The molecule has 3 aromatic carbocycles. The maximum Gasteiger partial charge on any atom is 0.416 e. The fourth-order valence-electron chi connectivity index (χ4n) is 3.79. The fraction of sp³-hybridized carbons (Fsp3) is 0.259. The number of imidazole rings is 1. The van der Waals surface area contributed by atoms with Gasteiger partial charge >= 0.3 is 12.1 Å². The Kier molecular flexibility index (Phi) is 7.97. The van der Waals surface area contributed by atoms with E-state index in [-0.39, 0.29) is 6.61 Å². The highest BCUT2D eigenvalue weighted by atomic mass is 32.2. The minimum absolute atomic E-state index is 0.254. The Morgan fingerprint density at radius 2 is 1.62 bits per heavy atom. The monoisotopic (exact) mass is 530 g/mol. The summed E-state index contributed by atoms with van der Waals surface area (Å²) in [5.74, 6) is 1.41. The Bertz CT molecular complexity index is 1380. The molecule has 4 rings (SSSR count). The van der Waals surface area contributed by atoms with Crippen molar-refractivity contribution in [1.82, 2.24) is 9.55 Å². The van der Waals surface area contributed by atoms with Gasteiger partial charge < -0.3 is 18.8 Å². The van der Waals surface area contributed by atoms with Crippen LogP contribution in [0.15, 0.2) is 65.8 Å². The van der Waals surface area contributed by atoms with Crippen molar-refractivity contribution >= 4 is 28.8 Å². The van der Waals surface area contributed by atoms with Gasteiger partial charge in [-0.05, 0) is 60.5 Å². The zero-order valence-corrected chi connectivity index (χ0v) is 21.3. The molecule has 0 spiro atoms. The lowest BCUT2D eigenvalue weighted by atomic mass is 10.1. The van der Waals surface area contributed by atoms with E-state index >= 15 is 0 Å². The molecule has 4 aromatic rings. The van der Waals surface area contributed by atoms with Gasteiger partial charge in [-0.3, -0.25) is 0 Å². The summed E-state index contributed by atoms with van der Waals surface area (Å²) in [4.78, 5) is 17.0. The Morgan fingerprint density at radius 1 is 0.946 bits per heavy atom. The Morgan fingerprint density at radius 3 is 2.22 bits per heavy atom. The molecule has 37 heavy (non-hydrogen) atoms. The largest absolute Gasteiger partial charge is 0.497 e. The lowest BCUT2D eigenvalue weighted by Gasteiger charge is -2.12. The van der Waals surface area contributed by atoms with Crippen molar-refractivity contribution < 1.29 is 32.2 Å². The van der Waals surface area contributed by atoms with Gasteiger partial charge in [0.1, 0.15) is 11.5 Å². The first kappa shape index (κ1) is 26.4. The summed E-state index contributed by atoms with van der Waals surface area (Å²) in [6, 6.07) is 15.7. The molecular weight excluding hydrogens is 505 g/mol. The van der Waals surface area contributed by atoms with E-state index in [2.05, 4.69) is 0 Å². The van der Waals surface area contributed by atoms with Crippen molar-refractivity contribution in [1.29, 1.82) is 0 Å². The van der Waals surface area contributed by atoms with E-state index in [1.807, 2.05) is 16.7 Å². The molecular formula is C27H25F3N2O4S. The van der Waals surface area contributed by atoms with Crippen molar-refractivity contribution in [3.05, 3.63) is 82.9 Å². The number of hydrogen-bond donors (Lipinski definition) is 0. The van der Waals surface area contributed by atoms with Crippen molar-refractivity contribution in [2.45, 2.75) is 30.6 Å². The molecule has 0 bridgehead atoms. The summed E-state index contributed by atoms with van der Waals surface area (Å²) in [5.41, 5.74) is 2.64. The number of thioether (sulfide) groups is 1. The number of esters is 1. The van der Waals surface area contributed by atoms with Gasteiger partial charge in [-0.1, -0.05) is 23.9 Å². The van der Waals surface area contributed by atoms with Crippen LogP contribution in [0.5, 0.6) is 11.5 Å². The first-order chi connectivity index (χ1) is 17.7. The first-order valence-corrected chi connectivity index (χ1v) is 12.4. The predicted molar refractivity (Wildman–Crippen MR) is 135 cm³/mol. The van der Waals surface area contributed by atoms with E-state index in [0.717, 1.165) is 23.2 Å². The molecule has 0 radical (unpaired) electrons. The normalized spacial score (nSPS) is 11.5. The fourth-order valence-corrected chi connectivity index (χ4v) is 4.74. The maximum atomic E-state index is 13.0. The molecule has 0 saturated heterocycles. The number of hydrogen-bond acceptors (Lipinski definition) is 6. The zero-order valence-electron chi connectivity index (χ0n) is 20.5. The number of carbonyl (C=O) groups excluding carboxylic acids is 1. The lowest BCUT2D eigenvalue weighted by Crippen LogP contribution is -2.06. The number of halogens is 3. The molecule has 0 aliphatic carbocycles. The third kappa shape index (κ3) is 6.19. The highest BCUT2D eigenvalue weighted by Crippen LogP contribution is 2.32. The quantitative estimate of drug-likeness (QED) is 0.180. The Hall–Kier alpha value is -3.66. The highest BCUT2D eigenvalue weighted by Gasteiger charge is 2.30. The number of aromatic nitrogens is 2. The SMILES string of the molecule is CCOC(=O)c1ccc2c(c1)nc(SCc1cc(OC)cc(OC)c1)n2Cc1ccc(C(F)(F)F)cc1. The molecule has 1 aromatic heterocycles. The van der Waals surface area contributed by atoms with Gasteiger partial charge in [-0.25, -0.2) is 9.78 Å². The van der Waals surface area contributed by atoms with Crippen LogP contribution in [0.2, 0.25) is 0 Å². The predicted octanol–water partition coefficient (Wildman–Crippen LogP) is 6.59. The number of rotatable bonds is 9. The first-order valence-electron chi connectivity index (χ1n) is 11.4. The summed E-state index contributed by atoms with van der Waals surface area (Å²) in [6.45, 7) is 2.29. The van der Waals surface area contributed by atoms with Gasteiger partial charge in [0, 0.05) is 11.8 Å². The second kappa shape index (κ2) is 11.2. The standard InChI is InChI=1S/C27H25F3N2O4S/c1-4-36-25(33)19-7-10-24-23(13-19)31-26(37-16-18-11-21(34-2)14-22(12-18)35-3)32(24)15-17-5-8-20(9-6-17)27(28,29)30/h5-14H,4,15-16H2,1-3H3. The van der Waals surface area contributed by atoms with Crippen LogP contribution < -0.4 is 9.47 Å². The molecule has 0 unspecified atom stereocenters. The number of methoxy groups -OCH3 is 2. The van der Waals surface area contributed by atoms with Gasteiger partial charge in [0.2, 0.25) is 0 Å². The van der Waals surface area contributed by atoms with Gasteiger partial charge in [0.15, 0.2) is 5.16 Å². The molecule has 0 aliphatic rings. The van der Waals surface area contributed by atoms with E-state index < -0.39 is 17.7 Å². The second-order valence-electron chi connectivity index (χ2n) is 8.11. The third-order valence-electron chi connectivity index (χ3n) is 5.63. The van der Waals surface area contributed by atoms with Crippen LogP contribution in [0, 0.1) is 0 Å². The minimum atomic E-state index is -4.40. The van der Waals surface area contributed by atoms with Crippen LogP contribution >= 0.6 is 11.8 Å². The summed E-state index contributed by atoms with van der Waals surface area (Å²) < 4.78 is 56.8. The van der Waals surface area contributed by atoms with E-state index in [9.17, 15) is 18.0 Å². The van der Waals surface area contributed by atoms with E-state index in [4.69, 9.17) is 19.2 Å². The summed E-state index contributed by atoms with van der Waals surface area (Å²) in [7, 11) is 3.16. The molecule has 0 N–H and O–H groups in total. The van der Waals surface area contributed by atoms with E-state index in [1.165, 1.54) is 23.9 Å². The van der Waals surface area contributed by atoms with Crippen LogP contribution in [0.3, 0.4) is 0 Å². The Balaban J connectivity index is 1.69. The zero-order chi connectivity index (χ0) is 26.6. The summed E-state index contributed by atoms with van der Waals surface area (Å²) in [6.07, 6.45) is -4.40. The molecule has 194 valence electrons. The average molecular weight is 531 g/mol. The smallest absolute Gasteiger partial charge is 0.416 e. The van der Waals surface area contributed by atoms with Crippen LogP contribution in [0.1, 0.15) is 34.0 Å². The van der Waals surface area contributed by atoms with Crippen molar-refractivity contribution in [3.63, 3.8) is 0 Å². The van der Waals surface area contributed by atoms with Crippen LogP contribution in [-0.2, 0) is 23.2 Å². The molecule has 1 heterocycles. The topological polar surface area (TPSA) is 62.6 Å². The number of benzene rings is 3. The van der Waals surface area contributed by atoms with Crippen LogP contribution in [0.4, 0.5) is 13.2 Å². The molecule has 0 atom stereocenters. The average Bonchev–Trinajstić information content (AvgIpc) is 3.23. The van der Waals surface area contributed by atoms with Gasteiger partial charge in [-0.15, -0.1) is 0 Å². The van der Waals surface area contributed by atoms with E-state index in [0.29, 0.717) is 45.6 Å². The van der Waals surface area contributed by atoms with Crippen molar-refractivity contribution in [2.24, 2.45) is 0 Å². The van der Waals surface area contributed by atoms with Crippen molar-refractivity contribution in [2.75, 3.05) is 20.8 Å². The minimum Gasteiger partial charge on any atom is -0.497 e. The molecule has 0 amide bonds.